The quantitative estimate of drug-likeness (QED) is 0.248. The van der Waals surface area contributed by atoms with Crippen LogP contribution < -0.4 is 10.3 Å². The second-order valence-corrected chi connectivity index (χ2v) is 19.8. The Balaban J connectivity index is 1.21. The number of benzene rings is 1. The van der Waals surface area contributed by atoms with Crippen LogP contribution in [0.2, 0.25) is 10.6 Å². The maximum atomic E-state index is 14.6. The molecule has 14 heteroatoms. The molecular formula is C42H52N6O6SSi. The van der Waals surface area contributed by atoms with Gasteiger partial charge in [0.25, 0.3) is 0 Å². The van der Waals surface area contributed by atoms with Crippen LogP contribution >= 0.6 is 11.3 Å². The Labute approximate surface area is 335 Å². The molecule has 0 aliphatic carbocycles. The number of rotatable bonds is 6. The molecule has 2 amide bonds. The number of hydrogen-bond acceptors (Lipinski definition) is 11. The molecule has 2 aromatic heterocycles. The predicted octanol–water partition coefficient (Wildman–Crippen LogP) is 5.61. The molecule has 5 aliphatic rings. The second kappa shape index (κ2) is 14.8. The minimum Gasteiger partial charge on any atom is -0.464 e. The molecule has 6 bridgehead atoms. The van der Waals surface area contributed by atoms with E-state index in [1.54, 1.807) is 24.1 Å². The van der Waals surface area contributed by atoms with Gasteiger partial charge in [-0.25, -0.2) is 10.4 Å². The van der Waals surface area contributed by atoms with Crippen molar-refractivity contribution in [1.29, 1.82) is 0 Å². The zero-order valence-corrected chi connectivity index (χ0v) is 35.2. The number of carbonyl (C=O) groups is 4. The summed E-state index contributed by atoms with van der Waals surface area (Å²) >= 11 is 1.52. The number of fused-ring (bicyclic) bond motifs is 6. The Morgan fingerprint density at radius 3 is 2.75 bits per heavy atom. The number of anilines is 1. The van der Waals surface area contributed by atoms with E-state index in [1.807, 2.05) is 13.1 Å². The van der Waals surface area contributed by atoms with Crippen molar-refractivity contribution in [2.45, 2.75) is 101 Å². The predicted molar refractivity (Wildman–Crippen MR) is 214 cm³/mol. The summed E-state index contributed by atoms with van der Waals surface area (Å²) in [4.78, 5) is 68.9. The number of hydrogen-bond donors (Lipinski definition) is 1. The summed E-state index contributed by atoms with van der Waals surface area (Å²) in [5.74, 6) is -1.01. The topological polar surface area (TPSA) is 134 Å². The zero-order chi connectivity index (χ0) is 39.7. The third-order valence-corrected chi connectivity index (χ3v) is 15.5. The molecule has 3 saturated heterocycles. The molecule has 0 saturated carbocycles. The van der Waals surface area contributed by atoms with E-state index in [2.05, 4.69) is 67.7 Å². The van der Waals surface area contributed by atoms with E-state index in [9.17, 15) is 19.2 Å². The highest BCUT2D eigenvalue weighted by molar-refractivity contribution is 7.10. The fourth-order valence-electron chi connectivity index (χ4n) is 9.53. The number of cyclic esters (lactones) is 1. The smallest absolute Gasteiger partial charge is 0.324 e. The van der Waals surface area contributed by atoms with Crippen LogP contribution in [0, 0.1) is 18.3 Å². The maximum Gasteiger partial charge on any atom is 0.324 e. The molecule has 56 heavy (non-hydrogen) atoms. The normalized spacial score (nSPS) is 29.3. The standard InChI is InChI=1S/C42H52N6O6SSi/c1-8-47-31-12-11-25-16-27(31)28(36(47)34-23(2)13-14-43-35(34)24(3)53-7)18-41(4,5)22-54-39(51)29-10-9-15-48(45-29)40(52)42(19-32-44-30(25)21-55-32)38(56-42)37(50)26-17-33(49)46(6)20-26/h11-14,16,21,24,26,28-29,36,38,45H,8-10,15,17-20,22H2,1-7H3/t24-,26-,28?,29-,36?,38?,42-/m0/s1. The van der Waals surface area contributed by atoms with Gasteiger partial charge >= 0.3 is 5.97 Å². The summed E-state index contributed by atoms with van der Waals surface area (Å²) in [5.41, 5.74) is 9.78. The highest BCUT2D eigenvalue weighted by Crippen LogP contribution is 2.62. The Morgan fingerprint density at radius 2 is 2.02 bits per heavy atom. The summed E-state index contributed by atoms with van der Waals surface area (Å²) in [5, 5.41) is 3.44. The SMILES string of the molecule is CCN1c2ccc3cc2C(CC(C)(C)COC(=O)[C@@H]2CCCN(N2)C(=O)[C@@]2(Cc4nc-3cs4)[Si]C2C(=O)[C@H]2CC(=O)N(C)C2)C1c1c(C)ccnc1[C@H](C)OC. The largest absolute Gasteiger partial charge is 0.464 e. The molecule has 1 N–H and O–H groups in total. The average Bonchev–Trinajstić information content (AvgIpc) is 3.39. The van der Waals surface area contributed by atoms with Crippen molar-refractivity contribution in [2.75, 3.05) is 45.3 Å². The van der Waals surface area contributed by atoms with Crippen molar-refractivity contribution in [3.63, 3.8) is 0 Å². The average molecular weight is 797 g/mol. The first-order chi connectivity index (χ1) is 26.7. The highest BCUT2D eigenvalue weighted by atomic mass is 32.1. The highest BCUT2D eigenvalue weighted by Gasteiger charge is 2.66. The number of likely N-dealkylation sites (N-methyl/N-ethyl adjacent to an activating group) is 1. The number of ether oxygens (including phenoxy) is 2. The summed E-state index contributed by atoms with van der Waals surface area (Å²) in [6.45, 7) is 12.5. The van der Waals surface area contributed by atoms with Gasteiger partial charge in [0.15, 0.2) is 0 Å². The zero-order valence-electron chi connectivity index (χ0n) is 33.4. The van der Waals surface area contributed by atoms with Gasteiger partial charge in [-0.2, -0.15) is 0 Å². The number of nitrogens with zero attached hydrogens (tertiary/aromatic N) is 5. The second-order valence-electron chi connectivity index (χ2n) is 17.1. The van der Waals surface area contributed by atoms with Gasteiger partial charge in [0.1, 0.15) is 11.8 Å². The molecule has 8 rings (SSSR count). The van der Waals surface area contributed by atoms with Gasteiger partial charge in [0, 0.05) is 92.4 Å². The van der Waals surface area contributed by atoms with Crippen LogP contribution in [0.4, 0.5) is 5.69 Å². The molecule has 3 aromatic rings. The van der Waals surface area contributed by atoms with Crippen LogP contribution in [0.5, 0.6) is 0 Å². The fourth-order valence-corrected chi connectivity index (χ4v) is 12.3. The molecule has 12 nitrogen and oxygen atoms in total. The number of carbonyl (C=O) groups excluding carboxylic acids is 4. The first kappa shape index (κ1) is 38.9. The van der Waals surface area contributed by atoms with E-state index in [-0.39, 0.29) is 64.2 Å². The summed E-state index contributed by atoms with van der Waals surface area (Å²) in [7, 11) is 3.51. The lowest BCUT2D eigenvalue weighted by Gasteiger charge is -2.37. The van der Waals surface area contributed by atoms with Crippen LogP contribution in [0.3, 0.4) is 0 Å². The molecule has 296 valence electrons. The van der Waals surface area contributed by atoms with Gasteiger partial charge < -0.3 is 19.3 Å². The number of nitrogens with one attached hydrogen (secondary N) is 1. The van der Waals surface area contributed by atoms with Crippen LogP contribution in [0.1, 0.15) is 98.8 Å². The van der Waals surface area contributed by atoms with Gasteiger partial charge in [0.2, 0.25) is 11.8 Å². The third kappa shape index (κ3) is 6.79. The van der Waals surface area contributed by atoms with Gasteiger partial charge in [-0.05, 0) is 74.8 Å². The number of thiazole rings is 1. The van der Waals surface area contributed by atoms with Crippen molar-refractivity contribution in [1.82, 2.24) is 25.3 Å². The molecule has 7 atom stereocenters. The van der Waals surface area contributed by atoms with Gasteiger partial charge in [0.05, 0.1) is 49.7 Å². The first-order valence-electron chi connectivity index (χ1n) is 19.9. The van der Waals surface area contributed by atoms with Crippen LogP contribution in [-0.4, -0.2) is 99.4 Å². The molecule has 3 fully saturated rings. The molecule has 2 radical (unpaired) electrons. The van der Waals surface area contributed by atoms with Gasteiger partial charge in [-0.1, -0.05) is 19.9 Å². The number of hydrazine groups is 1. The van der Waals surface area contributed by atoms with E-state index in [1.165, 1.54) is 22.5 Å². The summed E-state index contributed by atoms with van der Waals surface area (Å²) in [6, 6.07) is 7.99. The molecule has 1 aromatic carbocycles. The minimum atomic E-state index is -0.973. The van der Waals surface area contributed by atoms with Gasteiger partial charge in [-0.3, -0.25) is 29.2 Å². The summed E-state index contributed by atoms with van der Waals surface area (Å²) in [6.07, 6.45) is 4.06. The lowest BCUT2D eigenvalue weighted by atomic mass is 9.75. The van der Waals surface area contributed by atoms with Crippen molar-refractivity contribution < 1.29 is 28.7 Å². The van der Waals surface area contributed by atoms with E-state index in [4.69, 9.17) is 19.4 Å². The number of pyridine rings is 1. The first-order valence-corrected chi connectivity index (χ1v) is 21.8. The van der Waals surface area contributed by atoms with Crippen LogP contribution in [0.15, 0.2) is 35.8 Å². The Morgan fingerprint density at radius 1 is 1.21 bits per heavy atom. The number of methoxy groups -OCH3 is 1. The number of amides is 2. The minimum absolute atomic E-state index is 0.0184. The van der Waals surface area contributed by atoms with Crippen molar-refractivity contribution in [2.24, 2.45) is 11.3 Å². The molecule has 7 heterocycles. The van der Waals surface area contributed by atoms with Crippen molar-refractivity contribution in [3.8, 4) is 11.3 Å². The van der Waals surface area contributed by atoms with Crippen LogP contribution in [-0.2, 0) is 35.1 Å². The summed E-state index contributed by atoms with van der Waals surface area (Å²) < 4.78 is 12.0. The van der Waals surface area contributed by atoms with Crippen molar-refractivity contribution in [3.05, 3.63) is 63.2 Å². The van der Waals surface area contributed by atoms with Gasteiger partial charge in [-0.15, -0.1) is 11.3 Å². The number of aromatic nitrogens is 2. The Hall–Kier alpha value is -3.98. The lowest BCUT2D eigenvalue weighted by molar-refractivity contribution is -0.155. The molecular weight excluding hydrogens is 745 g/mol. The van der Waals surface area contributed by atoms with E-state index >= 15 is 0 Å². The number of likely N-dealkylation sites (tertiary alicyclic amines) is 1. The molecule has 5 aliphatic heterocycles. The Kier molecular flexibility index (Phi) is 10.2. The molecule has 3 unspecified atom stereocenters. The lowest BCUT2D eigenvalue weighted by Crippen LogP contribution is -2.57. The van der Waals surface area contributed by atoms with E-state index in [0.29, 0.717) is 32.4 Å². The third-order valence-electron chi connectivity index (χ3n) is 12.7. The number of aryl methyl sites for hydroxylation is 1. The monoisotopic (exact) mass is 796 g/mol. The maximum absolute atomic E-state index is 14.6. The fraction of sp³-hybridized carbons (Fsp3) is 0.571. The number of ketones is 1. The van der Waals surface area contributed by atoms with Crippen molar-refractivity contribution >= 4 is 50.1 Å². The number of esters is 1. The Bertz CT molecular complexity index is 2070. The van der Waals surface area contributed by atoms with E-state index < -0.39 is 28.0 Å². The van der Waals surface area contributed by atoms with Crippen LogP contribution in [0.25, 0.3) is 11.3 Å². The molecule has 1 spiro atoms. The van der Waals surface area contributed by atoms with E-state index in [0.717, 1.165) is 46.2 Å². The number of Topliss-reactive ketones (excluding diaryl/α,β-unsaturated/α-hetero) is 1.